The lowest BCUT2D eigenvalue weighted by Crippen LogP contribution is -2.60. The molecule has 2 aliphatic heterocycles. The van der Waals surface area contributed by atoms with E-state index >= 15 is 0 Å². The molecule has 16 heteroatoms. The molecule has 2 rings (SSSR count). The maximum absolute atomic E-state index is 13.6. The number of guanidine groups is 1. The van der Waals surface area contributed by atoms with E-state index in [1.165, 1.54) is 11.8 Å². The number of rotatable bonds is 10. The third kappa shape index (κ3) is 10.2. The van der Waals surface area contributed by atoms with Crippen molar-refractivity contribution in [2.45, 2.75) is 94.6 Å². The Morgan fingerprint density at radius 3 is 2.32 bits per heavy atom. The number of aliphatic hydroxyl groups is 1. The van der Waals surface area contributed by atoms with Crippen molar-refractivity contribution in [2.24, 2.45) is 22.2 Å². The maximum atomic E-state index is 13.6. The van der Waals surface area contributed by atoms with Gasteiger partial charge >= 0.3 is 12.3 Å². The highest BCUT2D eigenvalue weighted by atomic mass is 16.3. The molecule has 228 valence electrons. The minimum absolute atomic E-state index is 0.0919. The molecule has 0 aliphatic carbocycles. The molecule has 0 aromatic rings. The molecule has 0 bridgehead atoms. The van der Waals surface area contributed by atoms with Crippen LogP contribution in [0, 0.1) is 0 Å². The molecule has 16 nitrogen and oxygen atoms in total. The lowest BCUT2D eigenvalue weighted by Gasteiger charge is -2.31. The average Bonchev–Trinajstić information content (AvgIpc) is 3.41. The number of amides is 5. The van der Waals surface area contributed by atoms with E-state index in [-0.39, 0.29) is 31.9 Å². The number of nitrogens with two attached hydrogens (primary N) is 3. The fraction of sp³-hybridized carbons (Fsp3) is 0.720. The van der Waals surface area contributed by atoms with Gasteiger partial charge in [-0.1, -0.05) is 0 Å². The molecule has 6 atom stereocenters. The van der Waals surface area contributed by atoms with Crippen LogP contribution in [0.5, 0.6) is 0 Å². The van der Waals surface area contributed by atoms with Gasteiger partial charge in [-0.2, -0.15) is 0 Å². The molecule has 0 radical (unpaired) electrons. The van der Waals surface area contributed by atoms with E-state index in [9.17, 15) is 33.9 Å². The number of carbonyl (C=O) groups excluding carboxylic acids is 6. The lowest BCUT2D eigenvalue weighted by molar-refractivity contribution is -0.143. The number of aliphatic imine (C=N–C) groups is 1. The molecule has 11 N–H and O–H groups in total. The largest absolute Gasteiger partial charge is 0.533 e. The summed E-state index contributed by atoms with van der Waals surface area (Å²) in [6.45, 7) is 2.08. The molecule has 6 unspecified atom stereocenters. The zero-order chi connectivity index (χ0) is 30.5. The molecular formula is C25H42N9O7+. The van der Waals surface area contributed by atoms with Crippen LogP contribution < -0.4 is 38.5 Å². The number of aliphatic hydroxyl groups excluding tert-OH is 1. The van der Waals surface area contributed by atoms with Gasteiger partial charge in [-0.3, -0.25) is 29.0 Å². The Morgan fingerprint density at radius 1 is 1.00 bits per heavy atom. The second-order valence-electron chi connectivity index (χ2n) is 10.2. The van der Waals surface area contributed by atoms with Gasteiger partial charge < -0.3 is 48.5 Å². The summed E-state index contributed by atoms with van der Waals surface area (Å²) >= 11 is 0. The van der Waals surface area contributed by atoms with E-state index < -0.39 is 72.3 Å². The van der Waals surface area contributed by atoms with E-state index in [0.717, 1.165) is 0 Å². The Labute approximate surface area is 238 Å². The number of fused-ring (bicyclic) bond motifs is 1. The molecular weight excluding hydrogens is 538 g/mol. The molecule has 41 heavy (non-hydrogen) atoms. The summed E-state index contributed by atoms with van der Waals surface area (Å²) < 4.78 is 0. The maximum Gasteiger partial charge on any atom is 0.533 e. The van der Waals surface area contributed by atoms with Crippen molar-refractivity contribution in [3.63, 3.8) is 0 Å². The summed E-state index contributed by atoms with van der Waals surface area (Å²) in [4.78, 5) is 82.8. The molecule has 5 amide bonds. The number of hydrogen-bond acceptors (Lipinski definition) is 9. The summed E-state index contributed by atoms with van der Waals surface area (Å²) in [5, 5.41) is 20.2. The topological polar surface area (TPSA) is 264 Å². The predicted octanol–water partition coefficient (Wildman–Crippen LogP) is -4.01. The number of carbonyl (C=O) groups is 5. The monoisotopic (exact) mass is 580 g/mol. The molecule has 2 fully saturated rings. The minimum Gasteiger partial charge on any atom is -0.391 e. The van der Waals surface area contributed by atoms with Crippen molar-refractivity contribution in [3.05, 3.63) is 0 Å². The molecule has 2 saturated heterocycles. The highest BCUT2D eigenvalue weighted by molar-refractivity contribution is 5.97. The molecule has 2 aliphatic rings. The SMILES string of the molecule is CC(O)C1NC(=O)CC([C+]=O)NC(=O)C(CCCN=C(N)N)NC(=O)C2CCCN2C(=O)C(CCCCN)NC1=O. The van der Waals surface area contributed by atoms with Gasteiger partial charge in [0.2, 0.25) is 29.5 Å². The third-order valence-corrected chi connectivity index (χ3v) is 6.91. The van der Waals surface area contributed by atoms with Crippen LogP contribution in [-0.4, -0.2) is 108 Å². The van der Waals surface area contributed by atoms with Crippen LogP contribution in [0.25, 0.3) is 0 Å². The van der Waals surface area contributed by atoms with Crippen molar-refractivity contribution >= 4 is 41.8 Å². The van der Waals surface area contributed by atoms with E-state index in [0.29, 0.717) is 38.6 Å². The summed E-state index contributed by atoms with van der Waals surface area (Å²) in [5.41, 5.74) is 16.3. The van der Waals surface area contributed by atoms with Gasteiger partial charge in [0.1, 0.15) is 30.6 Å². The second kappa shape index (κ2) is 16.4. The van der Waals surface area contributed by atoms with Crippen LogP contribution in [0.4, 0.5) is 0 Å². The van der Waals surface area contributed by atoms with E-state index in [2.05, 4.69) is 26.3 Å². The normalized spacial score (nSPS) is 27.0. The number of nitrogens with one attached hydrogen (secondary N) is 4. The first kappa shape index (κ1) is 33.3. The molecule has 0 aromatic heterocycles. The molecule has 0 saturated carbocycles. The zero-order valence-corrected chi connectivity index (χ0v) is 23.3. The van der Waals surface area contributed by atoms with Crippen molar-refractivity contribution in [1.82, 2.24) is 26.2 Å². The Morgan fingerprint density at radius 2 is 1.68 bits per heavy atom. The summed E-state index contributed by atoms with van der Waals surface area (Å²) in [6.07, 6.45) is 2.17. The molecule has 0 aromatic carbocycles. The van der Waals surface area contributed by atoms with Crippen LogP contribution in [0.1, 0.15) is 58.3 Å². The summed E-state index contributed by atoms with van der Waals surface area (Å²) in [5.74, 6) is -3.61. The van der Waals surface area contributed by atoms with Gasteiger partial charge in [-0.15, -0.1) is 0 Å². The van der Waals surface area contributed by atoms with Gasteiger partial charge in [0.15, 0.2) is 5.96 Å². The number of unbranched alkanes of at least 4 members (excludes halogenated alkanes) is 1. The van der Waals surface area contributed by atoms with Gasteiger partial charge in [0, 0.05) is 17.9 Å². The fourth-order valence-corrected chi connectivity index (χ4v) is 4.77. The van der Waals surface area contributed by atoms with Gasteiger partial charge in [-0.05, 0) is 58.4 Å². The zero-order valence-electron chi connectivity index (χ0n) is 23.3. The second-order valence-corrected chi connectivity index (χ2v) is 10.2. The Balaban J connectivity index is 2.42. The van der Waals surface area contributed by atoms with Crippen LogP contribution in [0.3, 0.4) is 0 Å². The Kier molecular flexibility index (Phi) is 13.3. The Bertz CT molecular complexity index is 986. The average molecular weight is 581 g/mol. The highest BCUT2D eigenvalue weighted by Gasteiger charge is 2.41. The Hall–Kier alpha value is -3.88. The van der Waals surface area contributed by atoms with Crippen LogP contribution in [0.2, 0.25) is 0 Å². The number of nitrogens with zero attached hydrogens (tertiary/aromatic N) is 2. The van der Waals surface area contributed by atoms with Crippen LogP contribution >= 0.6 is 0 Å². The molecule has 0 spiro atoms. The highest BCUT2D eigenvalue weighted by Crippen LogP contribution is 2.21. The van der Waals surface area contributed by atoms with Crippen molar-refractivity contribution in [1.29, 1.82) is 0 Å². The third-order valence-electron chi connectivity index (χ3n) is 6.91. The first-order valence-corrected chi connectivity index (χ1v) is 13.8. The van der Waals surface area contributed by atoms with Crippen molar-refractivity contribution in [3.8, 4) is 0 Å². The van der Waals surface area contributed by atoms with Crippen LogP contribution in [-0.2, 0) is 28.8 Å². The quantitative estimate of drug-likeness (QED) is 0.0537. The van der Waals surface area contributed by atoms with E-state index in [4.69, 9.17) is 17.2 Å². The van der Waals surface area contributed by atoms with Crippen molar-refractivity contribution < 1.29 is 33.9 Å². The van der Waals surface area contributed by atoms with Gasteiger partial charge in [-0.25, -0.2) is 0 Å². The summed E-state index contributed by atoms with van der Waals surface area (Å²) in [7, 11) is 0. The van der Waals surface area contributed by atoms with E-state index in [1.54, 1.807) is 6.29 Å². The smallest absolute Gasteiger partial charge is 0.391 e. The fourth-order valence-electron chi connectivity index (χ4n) is 4.77. The minimum atomic E-state index is -1.45. The van der Waals surface area contributed by atoms with Crippen molar-refractivity contribution in [2.75, 3.05) is 19.6 Å². The first-order valence-electron chi connectivity index (χ1n) is 13.8. The van der Waals surface area contributed by atoms with Gasteiger partial charge in [0.05, 0.1) is 6.10 Å². The molecule has 2 heterocycles. The lowest BCUT2D eigenvalue weighted by atomic mass is 10.0. The van der Waals surface area contributed by atoms with Gasteiger partial charge in [0.25, 0.3) is 0 Å². The standard InChI is InChI=1S/C25H41N9O7/c1-14(36)20-23(40)32-17(6-2-3-9-26)24(41)34-11-5-8-18(34)22(39)31-16(7-4-10-29-25(27)28)21(38)30-15(13-35)12-19(37)33-20/h14-18,20,36H,2-12,26H2,1H3,(H7-,27,28,29,30,31,32,33,37,38,39,40)/p+1. The predicted molar refractivity (Wildman–Crippen MR) is 147 cm³/mol. The van der Waals surface area contributed by atoms with Crippen LogP contribution in [0.15, 0.2) is 4.99 Å². The first-order chi connectivity index (χ1) is 19.5. The number of hydrogen-bond donors (Lipinski definition) is 8. The summed E-state index contributed by atoms with van der Waals surface area (Å²) in [6, 6.07) is -5.95. The van der Waals surface area contributed by atoms with E-state index in [1.807, 2.05) is 0 Å².